The summed E-state index contributed by atoms with van der Waals surface area (Å²) < 4.78 is 11.7. The summed E-state index contributed by atoms with van der Waals surface area (Å²) in [6.45, 7) is 7.10. The number of methoxy groups -OCH3 is 1. The van der Waals surface area contributed by atoms with Crippen molar-refractivity contribution in [2.24, 2.45) is 22.7 Å². The van der Waals surface area contributed by atoms with Gasteiger partial charge in [0.05, 0.1) is 7.11 Å². The molecular weight excluding hydrogens is 444 g/mol. The highest BCUT2D eigenvalue weighted by atomic mass is 16.5. The summed E-state index contributed by atoms with van der Waals surface area (Å²) in [5.74, 6) is 1.37. The van der Waals surface area contributed by atoms with Gasteiger partial charge in [-0.05, 0) is 59.1 Å². The summed E-state index contributed by atoms with van der Waals surface area (Å²) in [6, 6.07) is 29.2. The van der Waals surface area contributed by atoms with Crippen LogP contribution in [0.3, 0.4) is 0 Å². The predicted molar refractivity (Wildman–Crippen MR) is 145 cm³/mol. The first-order valence-corrected chi connectivity index (χ1v) is 13.0. The Morgan fingerprint density at radius 2 is 1.47 bits per heavy atom. The van der Waals surface area contributed by atoms with Gasteiger partial charge in [-0.2, -0.15) is 0 Å². The van der Waals surface area contributed by atoms with Crippen molar-refractivity contribution in [2.75, 3.05) is 7.11 Å². The molecule has 2 saturated carbocycles. The van der Waals surface area contributed by atoms with Gasteiger partial charge < -0.3 is 9.47 Å². The van der Waals surface area contributed by atoms with Crippen LogP contribution in [0.5, 0.6) is 5.75 Å². The number of benzene rings is 3. The fourth-order valence-corrected chi connectivity index (χ4v) is 7.00. The quantitative estimate of drug-likeness (QED) is 0.259. The van der Waals surface area contributed by atoms with Crippen LogP contribution in [0.4, 0.5) is 0 Å². The van der Waals surface area contributed by atoms with Crippen molar-refractivity contribution in [3.63, 3.8) is 0 Å². The van der Waals surface area contributed by atoms with Crippen LogP contribution in [0.1, 0.15) is 56.2 Å². The van der Waals surface area contributed by atoms with E-state index in [9.17, 15) is 4.79 Å². The minimum Gasteiger partial charge on any atom is -0.497 e. The van der Waals surface area contributed by atoms with Crippen molar-refractivity contribution in [2.45, 2.75) is 45.6 Å². The third-order valence-electron chi connectivity index (χ3n) is 9.29. The summed E-state index contributed by atoms with van der Waals surface area (Å²) in [5, 5.41) is 0. The smallest absolute Gasteiger partial charge is 0.331 e. The Bertz CT molecular complexity index is 1170. The number of hydrogen-bond donors (Lipinski definition) is 0. The van der Waals surface area contributed by atoms with Gasteiger partial charge in [-0.15, -0.1) is 0 Å². The molecular formula is C33H36O3. The number of ether oxygens (including phenoxy) is 2. The Morgan fingerprint density at radius 1 is 0.889 bits per heavy atom. The van der Waals surface area contributed by atoms with Crippen molar-refractivity contribution < 1.29 is 14.3 Å². The fraction of sp³-hybridized carbons (Fsp3) is 0.364. The molecule has 3 heteroatoms. The molecule has 0 N–H and O–H groups in total. The van der Waals surface area contributed by atoms with E-state index >= 15 is 0 Å². The summed E-state index contributed by atoms with van der Waals surface area (Å²) >= 11 is 0. The molecule has 5 rings (SSSR count). The van der Waals surface area contributed by atoms with Gasteiger partial charge in [0, 0.05) is 23.3 Å². The molecule has 2 bridgehead atoms. The van der Waals surface area contributed by atoms with Gasteiger partial charge in [0.2, 0.25) is 0 Å². The van der Waals surface area contributed by atoms with Crippen molar-refractivity contribution in [3.8, 4) is 5.75 Å². The first-order valence-electron chi connectivity index (χ1n) is 13.0. The first-order chi connectivity index (χ1) is 17.3. The van der Waals surface area contributed by atoms with Crippen LogP contribution in [0, 0.1) is 22.7 Å². The van der Waals surface area contributed by atoms with Crippen LogP contribution in [-0.4, -0.2) is 19.2 Å². The molecule has 3 aromatic carbocycles. The Labute approximate surface area is 215 Å². The van der Waals surface area contributed by atoms with Crippen molar-refractivity contribution in [1.29, 1.82) is 0 Å². The summed E-state index contributed by atoms with van der Waals surface area (Å²) in [5.41, 5.74) is 3.51. The van der Waals surface area contributed by atoms with Gasteiger partial charge in [-0.3, -0.25) is 0 Å². The standard InChI is InChI=1S/C33H36O3/c1-32(2)27-21-22-33(32,3)31(36-28(34)20-17-23-15-18-26(35-4)19-16-23)30(27)29(24-11-7-5-8-12-24)25-13-9-6-10-14-25/h5-20,27,29-31H,21-22H2,1-4H3/b20-17+/t27-,30+,31-,33+/m1/s1. The zero-order valence-corrected chi connectivity index (χ0v) is 21.7. The van der Waals surface area contributed by atoms with Gasteiger partial charge in [-0.25, -0.2) is 4.79 Å². The lowest BCUT2D eigenvalue weighted by molar-refractivity contribution is -0.154. The molecule has 0 unspecified atom stereocenters. The SMILES string of the molecule is COc1ccc(/C=C/C(=O)O[C@@H]2[C@H](C(c3ccccc3)c3ccccc3)[C@H]3CC[C@]2(C)C3(C)C)cc1. The number of esters is 1. The normalized spacial score (nSPS) is 26.4. The lowest BCUT2D eigenvalue weighted by atomic mass is 9.68. The third kappa shape index (κ3) is 4.15. The van der Waals surface area contributed by atoms with E-state index in [2.05, 4.69) is 81.4 Å². The number of carbonyl (C=O) groups excluding carboxylic acids is 1. The molecule has 0 heterocycles. The van der Waals surface area contributed by atoms with Crippen LogP contribution in [0.15, 0.2) is 91.0 Å². The van der Waals surface area contributed by atoms with E-state index in [-0.39, 0.29) is 34.7 Å². The predicted octanol–water partition coefficient (Wildman–Crippen LogP) is 7.52. The molecule has 186 valence electrons. The molecule has 3 nitrogen and oxygen atoms in total. The van der Waals surface area contributed by atoms with Gasteiger partial charge in [-0.1, -0.05) is 93.6 Å². The van der Waals surface area contributed by atoms with Crippen LogP contribution in [0.25, 0.3) is 6.08 Å². The minimum atomic E-state index is -0.273. The van der Waals surface area contributed by atoms with Crippen molar-refractivity contribution in [3.05, 3.63) is 108 Å². The van der Waals surface area contributed by atoms with E-state index in [0.29, 0.717) is 5.92 Å². The highest BCUT2D eigenvalue weighted by molar-refractivity contribution is 5.87. The van der Waals surface area contributed by atoms with E-state index in [1.165, 1.54) is 17.5 Å². The Balaban J connectivity index is 1.49. The zero-order chi connectivity index (χ0) is 25.3. The molecule has 3 aromatic rings. The summed E-state index contributed by atoms with van der Waals surface area (Å²) in [6.07, 6.45) is 5.48. The lowest BCUT2D eigenvalue weighted by Gasteiger charge is -2.41. The van der Waals surface area contributed by atoms with Gasteiger partial charge in [0.1, 0.15) is 11.9 Å². The van der Waals surface area contributed by atoms with Crippen LogP contribution >= 0.6 is 0 Å². The minimum absolute atomic E-state index is 0.0735. The molecule has 0 spiro atoms. The molecule has 0 amide bonds. The van der Waals surface area contributed by atoms with Crippen molar-refractivity contribution in [1.82, 2.24) is 0 Å². The Kier molecular flexibility index (Phi) is 6.51. The monoisotopic (exact) mass is 480 g/mol. The number of carbonyl (C=O) groups is 1. The maximum absolute atomic E-state index is 13.2. The number of hydrogen-bond acceptors (Lipinski definition) is 3. The van der Waals surface area contributed by atoms with E-state index in [0.717, 1.165) is 17.7 Å². The Morgan fingerprint density at radius 3 is 2.03 bits per heavy atom. The number of fused-ring (bicyclic) bond motifs is 2. The highest BCUT2D eigenvalue weighted by Gasteiger charge is 2.69. The third-order valence-corrected chi connectivity index (χ3v) is 9.29. The molecule has 4 atom stereocenters. The molecule has 36 heavy (non-hydrogen) atoms. The fourth-order valence-electron chi connectivity index (χ4n) is 7.00. The average Bonchev–Trinajstić information content (AvgIpc) is 3.22. The van der Waals surface area contributed by atoms with Gasteiger partial charge >= 0.3 is 5.97 Å². The van der Waals surface area contributed by atoms with Gasteiger partial charge in [0.25, 0.3) is 0 Å². The van der Waals surface area contributed by atoms with Gasteiger partial charge in [0.15, 0.2) is 0 Å². The molecule has 0 aliphatic heterocycles. The molecule has 0 saturated heterocycles. The summed E-state index contributed by atoms with van der Waals surface area (Å²) in [7, 11) is 1.65. The zero-order valence-electron chi connectivity index (χ0n) is 21.7. The molecule has 2 aliphatic rings. The van der Waals surface area contributed by atoms with Crippen LogP contribution < -0.4 is 4.74 Å². The lowest BCUT2D eigenvalue weighted by Crippen LogP contribution is -2.42. The first kappa shape index (κ1) is 24.4. The van der Waals surface area contributed by atoms with Crippen LogP contribution in [0.2, 0.25) is 0 Å². The highest BCUT2D eigenvalue weighted by Crippen LogP contribution is 2.71. The van der Waals surface area contributed by atoms with E-state index in [1.807, 2.05) is 30.3 Å². The van der Waals surface area contributed by atoms with Crippen LogP contribution in [-0.2, 0) is 9.53 Å². The summed E-state index contributed by atoms with van der Waals surface area (Å²) in [4.78, 5) is 13.2. The Hall–Kier alpha value is -3.33. The molecule has 0 radical (unpaired) electrons. The molecule has 2 aliphatic carbocycles. The maximum Gasteiger partial charge on any atom is 0.331 e. The van der Waals surface area contributed by atoms with E-state index in [1.54, 1.807) is 13.2 Å². The molecule has 2 fully saturated rings. The largest absolute Gasteiger partial charge is 0.497 e. The number of rotatable bonds is 7. The second kappa shape index (κ2) is 9.61. The van der Waals surface area contributed by atoms with E-state index in [4.69, 9.17) is 9.47 Å². The molecule has 0 aromatic heterocycles. The average molecular weight is 481 g/mol. The maximum atomic E-state index is 13.2. The second-order valence-electron chi connectivity index (χ2n) is 11.1. The second-order valence-corrected chi connectivity index (χ2v) is 11.1. The van der Waals surface area contributed by atoms with E-state index < -0.39 is 0 Å². The van der Waals surface area contributed by atoms with Crippen molar-refractivity contribution >= 4 is 12.0 Å². The topological polar surface area (TPSA) is 35.5 Å².